The van der Waals surface area contributed by atoms with Gasteiger partial charge >= 0.3 is 0 Å². The summed E-state index contributed by atoms with van der Waals surface area (Å²) in [6, 6.07) is 24.6. The summed E-state index contributed by atoms with van der Waals surface area (Å²) < 4.78 is 13.1. The number of rotatable bonds is 6. The van der Waals surface area contributed by atoms with Crippen molar-refractivity contribution in [1.82, 2.24) is 4.98 Å². The van der Waals surface area contributed by atoms with Gasteiger partial charge in [-0.05, 0) is 72.1 Å². The van der Waals surface area contributed by atoms with E-state index in [4.69, 9.17) is 0 Å². The number of thioether (sulfide) groups is 1. The Balaban J connectivity index is 1.25. The summed E-state index contributed by atoms with van der Waals surface area (Å²) in [6.07, 6.45) is 2.49. The largest absolute Gasteiger partial charge is 0.322 e. The molecule has 0 aliphatic carbocycles. The third-order valence-electron chi connectivity index (χ3n) is 5.83. The minimum atomic E-state index is -0.285. The molecule has 1 aliphatic rings. The number of carbonyl (C=O) groups excluding carboxylic acids is 2. The van der Waals surface area contributed by atoms with Crippen LogP contribution in [-0.4, -0.2) is 23.3 Å². The smallest absolute Gasteiger partial charge is 0.258 e. The number of pyridine rings is 1. The first-order valence-corrected chi connectivity index (χ1v) is 12.2. The molecule has 1 aliphatic heterocycles. The van der Waals surface area contributed by atoms with Crippen LogP contribution in [0.5, 0.6) is 0 Å². The van der Waals surface area contributed by atoms with Crippen LogP contribution in [0.4, 0.5) is 15.8 Å². The zero-order valence-electron chi connectivity index (χ0n) is 18.8. The molecule has 7 heteroatoms. The monoisotopic (exact) mass is 483 g/mol. The number of anilines is 2. The van der Waals surface area contributed by atoms with Crippen LogP contribution >= 0.6 is 11.8 Å². The molecule has 0 radical (unpaired) electrons. The topological polar surface area (TPSA) is 62.3 Å². The first kappa shape index (κ1) is 22.8. The van der Waals surface area contributed by atoms with Gasteiger partial charge in [0.1, 0.15) is 10.8 Å². The van der Waals surface area contributed by atoms with Crippen molar-refractivity contribution in [3.05, 3.63) is 119 Å². The van der Waals surface area contributed by atoms with Crippen molar-refractivity contribution in [2.24, 2.45) is 0 Å². The molecule has 0 atom stereocenters. The number of nitrogens with one attached hydrogen (secondary N) is 1. The van der Waals surface area contributed by atoms with E-state index in [0.717, 1.165) is 17.7 Å². The van der Waals surface area contributed by atoms with Crippen LogP contribution < -0.4 is 10.2 Å². The van der Waals surface area contributed by atoms with E-state index < -0.39 is 0 Å². The number of carbonyl (C=O) groups is 2. The average molecular weight is 484 g/mol. The second-order valence-corrected chi connectivity index (χ2v) is 9.10. The maximum absolute atomic E-state index is 13.1. The fourth-order valence-corrected chi connectivity index (χ4v) is 4.96. The molecule has 0 saturated heterocycles. The van der Waals surface area contributed by atoms with Gasteiger partial charge in [0, 0.05) is 35.4 Å². The predicted molar refractivity (Wildman–Crippen MR) is 136 cm³/mol. The van der Waals surface area contributed by atoms with Crippen LogP contribution in [0.15, 0.2) is 96.2 Å². The Morgan fingerprint density at radius 2 is 1.71 bits per heavy atom. The fraction of sp³-hybridized carbons (Fsp3) is 0.107. The second-order valence-electron chi connectivity index (χ2n) is 8.14. The maximum Gasteiger partial charge on any atom is 0.258 e. The van der Waals surface area contributed by atoms with Gasteiger partial charge in [-0.15, -0.1) is 11.8 Å². The quantitative estimate of drug-likeness (QED) is 0.343. The van der Waals surface area contributed by atoms with Crippen LogP contribution in [0.2, 0.25) is 0 Å². The van der Waals surface area contributed by atoms with Gasteiger partial charge in [0.25, 0.3) is 11.8 Å². The first-order valence-electron chi connectivity index (χ1n) is 11.2. The normalized spacial score (nSPS) is 12.3. The summed E-state index contributed by atoms with van der Waals surface area (Å²) >= 11 is 1.42. The lowest BCUT2D eigenvalue weighted by Crippen LogP contribution is -2.28. The van der Waals surface area contributed by atoms with E-state index in [1.165, 1.54) is 29.5 Å². The number of fused-ring (bicyclic) bond motifs is 1. The van der Waals surface area contributed by atoms with Gasteiger partial charge in [-0.25, -0.2) is 9.37 Å². The highest BCUT2D eigenvalue weighted by molar-refractivity contribution is 7.98. The summed E-state index contributed by atoms with van der Waals surface area (Å²) in [7, 11) is 0. The van der Waals surface area contributed by atoms with Crippen molar-refractivity contribution < 1.29 is 14.0 Å². The summed E-state index contributed by atoms with van der Waals surface area (Å²) in [5, 5.41) is 3.48. The molecular weight excluding hydrogens is 461 g/mol. The highest BCUT2D eigenvalue weighted by atomic mass is 32.2. The minimum Gasteiger partial charge on any atom is -0.322 e. The summed E-state index contributed by atoms with van der Waals surface area (Å²) in [6.45, 7) is 0.663. The van der Waals surface area contributed by atoms with E-state index in [-0.39, 0.29) is 17.6 Å². The van der Waals surface area contributed by atoms with Gasteiger partial charge in [-0.3, -0.25) is 9.59 Å². The molecule has 0 fully saturated rings. The second kappa shape index (κ2) is 10.1. The van der Waals surface area contributed by atoms with E-state index in [1.54, 1.807) is 59.6 Å². The molecule has 0 saturated carbocycles. The van der Waals surface area contributed by atoms with E-state index in [9.17, 15) is 14.0 Å². The van der Waals surface area contributed by atoms with Crippen molar-refractivity contribution in [3.63, 3.8) is 0 Å². The zero-order chi connectivity index (χ0) is 24.2. The predicted octanol–water partition coefficient (Wildman–Crippen LogP) is 5.97. The standard InChI is InChI=1S/C28H22FN3O2S/c29-22-11-7-19(8-12-22)18-35-27-24(5-3-16-30-27)26(33)31-23-13-9-21(10-14-23)28(34)32-17-15-20-4-1-2-6-25(20)32/h1-14,16H,15,17-18H2,(H,31,33). The van der Waals surface area contributed by atoms with Gasteiger partial charge < -0.3 is 10.2 Å². The summed E-state index contributed by atoms with van der Waals surface area (Å²) in [4.78, 5) is 32.1. The molecule has 0 unspecified atom stereocenters. The number of aromatic nitrogens is 1. The van der Waals surface area contributed by atoms with Gasteiger partial charge in [0.15, 0.2) is 0 Å². The van der Waals surface area contributed by atoms with E-state index in [2.05, 4.69) is 10.3 Å². The highest BCUT2D eigenvalue weighted by Gasteiger charge is 2.25. The molecule has 2 amide bonds. The molecule has 1 aromatic heterocycles. The maximum atomic E-state index is 13.1. The minimum absolute atomic E-state index is 0.0560. The Kier molecular flexibility index (Phi) is 6.59. The molecule has 35 heavy (non-hydrogen) atoms. The molecule has 1 N–H and O–H groups in total. The van der Waals surface area contributed by atoms with Gasteiger partial charge in [0.05, 0.1) is 5.56 Å². The van der Waals surface area contributed by atoms with Crippen molar-refractivity contribution in [1.29, 1.82) is 0 Å². The van der Waals surface area contributed by atoms with Crippen LogP contribution in [-0.2, 0) is 12.2 Å². The first-order chi connectivity index (χ1) is 17.1. The lowest BCUT2D eigenvalue weighted by atomic mass is 10.1. The molecule has 4 aromatic rings. The molecule has 3 aromatic carbocycles. The summed E-state index contributed by atoms with van der Waals surface area (Å²) in [5.74, 6) is -0.0602. The number of halogens is 1. The Labute approximate surface area is 207 Å². The van der Waals surface area contributed by atoms with Crippen molar-refractivity contribution in [3.8, 4) is 0 Å². The molecule has 174 valence electrons. The van der Waals surface area contributed by atoms with E-state index in [0.29, 0.717) is 34.1 Å². The van der Waals surface area contributed by atoms with Gasteiger partial charge in [-0.1, -0.05) is 30.3 Å². The Hall–Kier alpha value is -3.97. The summed E-state index contributed by atoms with van der Waals surface area (Å²) in [5.41, 5.74) is 4.68. The molecule has 0 spiro atoms. The molecule has 5 nitrogen and oxygen atoms in total. The number of nitrogens with zero attached hydrogens (tertiary/aromatic N) is 2. The fourth-order valence-electron chi connectivity index (χ4n) is 4.01. The van der Waals surface area contributed by atoms with Crippen LogP contribution in [0.3, 0.4) is 0 Å². The Bertz CT molecular complexity index is 1370. The number of hydrogen-bond acceptors (Lipinski definition) is 4. The van der Waals surface area contributed by atoms with Crippen LogP contribution in [0, 0.1) is 5.82 Å². The van der Waals surface area contributed by atoms with Crippen molar-refractivity contribution >= 4 is 35.0 Å². The number of benzene rings is 3. The van der Waals surface area contributed by atoms with E-state index >= 15 is 0 Å². The number of hydrogen-bond donors (Lipinski definition) is 1. The van der Waals surface area contributed by atoms with Gasteiger partial charge in [-0.2, -0.15) is 0 Å². The zero-order valence-corrected chi connectivity index (χ0v) is 19.6. The van der Waals surface area contributed by atoms with Gasteiger partial charge in [0.2, 0.25) is 0 Å². The lowest BCUT2D eigenvalue weighted by molar-refractivity contribution is 0.0988. The van der Waals surface area contributed by atoms with Crippen LogP contribution in [0.1, 0.15) is 31.8 Å². The third kappa shape index (κ3) is 5.10. The lowest BCUT2D eigenvalue weighted by Gasteiger charge is -2.17. The third-order valence-corrected chi connectivity index (χ3v) is 6.90. The average Bonchev–Trinajstić information content (AvgIpc) is 3.33. The number of amides is 2. The molecule has 2 heterocycles. The SMILES string of the molecule is O=C(Nc1ccc(C(=O)N2CCc3ccccc32)cc1)c1cccnc1SCc1ccc(F)cc1. The van der Waals surface area contributed by atoms with Crippen molar-refractivity contribution in [2.45, 2.75) is 17.2 Å². The highest BCUT2D eigenvalue weighted by Crippen LogP contribution is 2.29. The van der Waals surface area contributed by atoms with Crippen molar-refractivity contribution in [2.75, 3.05) is 16.8 Å². The Morgan fingerprint density at radius 3 is 2.51 bits per heavy atom. The molecule has 0 bridgehead atoms. The molecule has 5 rings (SSSR count). The molecular formula is C28H22FN3O2S. The van der Waals surface area contributed by atoms with Crippen LogP contribution in [0.25, 0.3) is 0 Å². The Morgan fingerprint density at radius 1 is 0.943 bits per heavy atom. The van der Waals surface area contributed by atoms with E-state index in [1.807, 2.05) is 24.3 Å². The number of para-hydroxylation sites is 1.